The van der Waals surface area contributed by atoms with Crippen LogP contribution in [0.4, 0.5) is 0 Å². The molecule has 0 atom stereocenters. The number of rotatable bonds is 9. The third kappa shape index (κ3) is 5.95. The van der Waals surface area contributed by atoms with E-state index < -0.39 is 0 Å². The molecule has 144 valence electrons. The monoisotopic (exact) mass is 371 g/mol. The first kappa shape index (κ1) is 20.2. The standard InChI is InChI=1S/C21H25NO5/c1-5-6-15-7-8-19(20(11-15)26-4)27-14-21(23)22-13-16-9-17(24-2)12-18(10-16)25-3/h5-12H,13-14H2,1-4H3,(H,22,23)/b6-5+. The molecule has 0 spiro atoms. The lowest BCUT2D eigenvalue weighted by Crippen LogP contribution is -2.28. The Labute approximate surface area is 159 Å². The van der Waals surface area contributed by atoms with E-state index in [0.717, 1.165) is 11.1 Å². The molecule has 0 aliphatic rings. The van der Waals surface area contributed by atoms with Crippen molar-refractivity contribution >= 4 is 12.0 Å². The highest BCUT2D eigenvalue weighted by molar-refractivity contribution is 5.77. The van der Waals surface area contributed by atoms with Crippen LogP contribution in [0.3, 0.4) is 0 Å². The minimum absolute atomic E-state index is 0.111. The highest BCUT2D eigenvalue weighted by Crippen LogP contribution is 2.28. The van der Waals surface area contributed by atoms with E-state index in [-0.39, 0.29) is 12.5 Å². The summed E-state index contributed by atoms with van der Waals surface area (Å²) in [6.07, 6.45) is 3.90. The van der Waals surface area contributed by atoms with Gasteiger partial charge in [0.05, 0.1) is 21.3 Å². The van der Waals surface area contributed by atoms with Crippen molar-refractivity contribution in [3.05, 3.63) is 53.6 Å². The van der Waals surface area contributed by atoms with Crippen LogP contribution >= 0.6 is 0 Å². The van der Waals surface area contributed by atoms with Gasteiger partial charge >= 0.3 is 0 Å². The summed E-state index contributed by atoms with van der Waals surface area (Å²) in [5, 5.41) is 2.81. The van der Waals surface area contributed by atoms with Crippen molar-refractivity contribution in [3.63, 3.8) is 0 Å². The van der Waals surface area contributed by atoms with Crippen molar-refractivity contribution < 1.29 is 23.7 Å². The molecule has 2 aromatic carbocycles. The second kappa shape index (κ2) is 10.1. The maximum Gasteiger partial charge on any atom is 0.258 e. The summed E-state index contributed by atoms with van der Waals surface area (Å²) in [6, 6.07) is 11.0. The number of carbonyl (C=O) groups is 1. The van der Waals surface area contributed by atoms with Gasteiger partial charge < -0.3 is 24.3 Å². The average molecular weight is 371 g/mol. The first-order valence-corrected chi connectivity index (χ1v) is 8.51. The van der Waals surface area contributed by atoms with Gasteiger partial charge in [-0.3, -0.25) is 4.79 Å². The summed E-state index contributed by atoms with van der Waals surface area (Å²) in [5.41, 5.74) is 1.87. The Balaban J connectivity index is 1.93. The summed E-state index contributed by atoms with van der Waals surface area (Å²) < 4.78 is 21.4. The first-order chi connectivity index (χ1) is 13.1. The predicted molar refractivity (Wildman–Crippen MR) is 105 cm³/mol. The molecule has 0 saturated carbocycles. The topological polar surface area (TPSA) is 66.0 Å². The zero-order valence-corrected chi connectivity index (χ0v) is 16.1. The maximum absolute atomic E-state index is 12.1. The second-order valence-corrected chi connectivity index (χ2v) is 5.70. The van der Waals surface area contributed by atoms with E-state index in [4.69, 9.17) is 18.9 Å². The molecule has 6 heteroatoms. The minimum atomic E-state index is -0.239. The smallest absolute Gasteiger partial charge is 0.258 e. The number of methoxy groups -OCH3 is 3. The Bertz CT molecular complexity index is 779. The van der Waals surface area contributed by atoms with Gasteiger partial charge in [0.2, 0.25) is 0 Å². The third-order valence-corrected chi connectivity index (χ3v) is 3.81. The highest BCUT2D eigenvalue weighted by atomic mass is 16.5. The van der Waals surface area contributed by atoms with Crippen LogP contribution in [0.15, 0.2) is 42.5 Å². The maximum atomic E-state index is 12.1. The van der Waals surface area contributed by atoms with Crippen LogP contribution in [0.25, 0.3) is 6.08 Å². The van der Waals surface area contributed by atoms with Gasteiger partial charge in [0.1, 0.15) is 11.5 Å². The fourth-order valence-electron chi connectivity index (χ4n) is 2.46. The molecule has 0 saturated heterocycles. The fourth-order valence-corrected chi connectivity index (χ4v) is 2.46. The average Bonchev–Trinajstić information content (AvgIpc) is 2.70. The summed E-state index contributed by atoms with van der Waals surface area (Å²) in [4.78, 5) is 12.1. The zero-order chi connectivity index (χ0) is 19.6. The number of hydrogen-bond donors (Lipinski definition) is 1. The Morgan fingerprint density at radius 1 is 0.963 bits per heavy atom. The molecule has 6 nitrogen and oxygen atoms in total. The van der Waals surface area contributed by atoms with Crippen molar-refractivity contribution in [2.75, 3.05) is 27.9 Å². The molecule has 1 amide bonds. The van der Waals surface area contributed by atoms with Gasteiger partial charge in [-0.25, -0.2) is 0 Å². The Morgan fingerprint density at radius 3 is 2.26 bits per heavy atom. The van der Waals surface area contributed by atoms with Gasteiger partial charge in [0.25, 0.3) is 5.91 Å². The van der Waals surface area contributed by atoms with Gasteiger partial charge in [-0.1, -0.05) is 18.2 Å². The van der Waals surface area contributed by atoms with Crippen molar-refractivity contribution in [1.29, 1.82) is 0 Å². The lowest BCUT2D eigenvalue weighted by molar-refractivity contribution is -0.123. The molecular weight excluding hydrogens is 346 g/mol. The summed E-state index contributed by atoms with van der Waals surface area (Å²) in [7, 11) is 4.73. The molecular formula is C21H25NO5. The molecule has 2 aromatic rings. The van der Waals surface area contributed by atoms with Crippen LogP contribution in [-0.2, 0) is 11.3 Å². The van der Waals surface area contributed by atoms with Crippen molar-refractivity contribution in [2.24, 2.45) is 0 Å². The van der Waals surface area contributed by atoms with E-state index in [2.05, 4.69) is 5.32 Å². The third-order valence-electron chi connectivity index (χ3n) is 3.81. The number of benzene rings is 2. The van der Waals surface area contributed by atoms with Crippen LogP contribution in [0.1, 0.15) is 18.1 Å². The van der Waals surface area contributed by atoms with Gasteiger partial charge in [0, 0.05) is 12.6 Å². The van der Waals surface area contributed by atoms with Crippen molar-refractivity contribution in [2.45, 2.75) is 13.5 Å². The highest BCUT2D eigenvalue weighted by Gasteiger charge is 2.09. The molecule has 0 aromatic heterocycles. The Morgan fingerprint density at radius 2 is 1.67 bits per heavy atom. The molecule has 0 fully saturated rings. The molecule has 2 rings (SSSR count). The van der Waals surface area contributed by atoms with Gasteiger partial charge in [0.15, 0.2) is 18.1 Å². The van der Waals surface area contributed by atoms with Crippen LogP contribution in [0.5, 0.6) is 23.0 Å². The van der Waals surface area contributed by atoms with Crippen LogP contribution < -0.4 is 24.3 Å². The number of hydrogen-bond acceptors (Lipinski definition) is 5. The van der Waals surface area contributed by atoms with Gasteiger partial charge in [-0.2, -0.15) is 0 Å². The molecule has 27 heavy (non-hydrogen) atoms. The molecule has 0 heterocycles. The Kier molecular flexibility index (Phi) is 7.55. The first-order valence-electron chi connectivity index (χ1n) is 8.51. The van der Waals surface area contributed by atoms with Crippen LogP contribution in [0.2, 0.25) is 0 Å². The number of ether oxygens (including phenoxy) is 4. The number of nitrogens with one attached hydrogen (secondary N) is 1. The number of carbonyl (C=O) groups excluding carboxylic acids is 1. The summed E-state index contributed by atoms with van der Waals surface area (Å²) >= 11 is 0. The molecule has 0 bridgehead atoms. The van der Waals surface area contributed by atoms with E-state index >= 15 is 0 Å². The summed E-state index contributed by atoms with van der Waals surface area (Å²) in [6.45, 7) is 2.17. The molecule has 0 unspecified atom stereocenters. The largest absolute Gasteiger partial charge is 0.497 e. The van der Waals surface area contributed by atoms with Crippen LogP contribution in [-0.4, -0.2) is 33.8 Å². The minimum Gasteiger partial charge on any atom is -0.497 e. The molecule has 1 N–H and O–H groups in total. The van der Waals surface area contributed by atoms with Crippen molar-refractivity contribution in [3.8, 4) is 23.0 Å². The molecule has 0 aliphatic heterocycles. The number of amides is 1. The van der Waals surface area contributed by atoms with Crippen LogP contribution in [0, 0.1) is 0 Å². The van der Waals surface area contributed by atoms with Crippen molar-refractivity contribution in [1.82, 2.24) is 5.32 Å². The van der Waals surface area contributed by atoms with Gasteiger partial charge in [-0.05, 0) is 42.3 Å². The summed E-state index contributed by atoms with van der Waals surface area (Å²) in [5.74, 6) is 2.19. The zero-order valence-electron chi connectivity index (χ0n) is 16.1. The molecule has 0 aliphatic carbocycles. The SMILES string of the molecule is C/C=C/c1ccc(OCC(=O)NCc2cc(OC)cc(OC)c2)c(OC)c1. The Hall–Kier alpha value is -3.15. The van der Waals surface area contributed by atoms with E-state index in [1.165, 1.54) is 0 Å². The van der Waals surface area contributed by atoms with E-state index in [0.29, 0.717) is 29.5 Å². The molecule has 0 radical (unpaired) electrons. The van der Waals surface area contributed by atoms with E-state index in [9.17, 15) is 4.79 Å². The normalized spacial score (nSPS) is 10.5. The quantitative estimate of drug-likeness (QED) is 0.731. The van der Waals surface area contributed by atoms with E-state index in [1.54, 1.807) is 33.5 Å². The van der Waals surface area contributed by atoms with E-state index in [1.807, 2.05) is 43.3 Å². The van der Waals surface area contributed by atoms with Gasteiger partial charge in [-0.15, -0.1) is 0 Å². The number of allylic oxidation sites excluding steroid dienone is 1. The predicted octanol–water partition coefficient (Wildman–Crippen LogP) is 3.44. The lowest BCUT2D eigenvalue weighted by Gasteiger charge is -2.12. The lowest BCUT2D eigenvalue weighted by atomic mass is 10.2. The fraction of sp³-hybridized carbons (Fsp3) is 0.286. The second-order valence-electron chi connectivity index (χ2n) is 5.70.